The number of hydrogen-bond donors (Lipinski definition) is 1. The first-order valence-corrected chi connectivity index (χ1v) is 4.79. The molecular formula is C9H15NO3. The quantitative estimate of drug-likeness (QED) is 0.593. The molecule has 2 atom stereocenters. The van der Waals surface area contributed by atoms with E-state index in [9.17, 15) is 9.90 Å². The smallest absolute Gasteiger partial charge is 0.135 e. The average molecular weight is 185 g/mol. The van der Waals surface area contributed by atoms with E-state index in [0.717, 1.165) is 13.1 Å². The highest BCUT2D eigenvalue weighted by Gasteiger charge is 2.33. The normalized spacial score (nSPS) is 36.8. The number of piperidine rings is 1. The molecule has 4 nitrogen and oxygen atoms in total. The lowest BCUT2D eigenvalue weighted by molar-refractivity contribution is -0.122. The minimum Gasteiger partial charge on any atom is -0.389 e. The fourth-order valence-corrected chi connectivity index (χ4v) is 1.99. The third-order valence-electron chi connectivity index (χ3n) is 2.85. The van der Waals surface area contributed by atoms with Gasteiger partial charge in [0, 0.05) is 25.9 Å². The van der Waals surface area contributed by atoms with E-state index in [1.54, 1.807) is 0 Å². The molecule has 0 bridgehead atoms. The molecule has 4 heteroatoms. The van der Waals surface area contributed by atoms with Crippen LogP contribution in [0.1, 0.15) is 12.8 Å². The summed E-state index contributed by atoms with van der Waals surface area (Å²) < 4.78 is 5.17. The summed E-state index contributed by atoms with van der Waals surface area (Å²) >= 11 is 0. The Labute approximate surface area is 77.5 Å². The highest BCUT2D eigenvalue weighted by molar-refractivity contribution is 5.79. The van der Waals surface area contributed by atoms with E-state index in [1.165, 1.54) is 0 Å². The van der Waals surface area contributed by atoms with Gasteiger partial charge in [0.2, 0.25) is 0 Å². The average Bonchev–Trinajstić information content (AvgIpc) is 2.53. The molecule has 2 heterocycles. The van der Waals surface area contributed by atoms with Crippen molar-refractivity contribution in [3.63, 3.8) is 0 Å². The predicted octanol–water partition coefficient (Wildman–Crippen LogP) is -0.589. The van der Waals surface area contributed by atoms with Gasteiger partial charge >= 0.3 is 0 Å². The van der Waals surface area contributed by atoms with Crippen molar-refractivity contribution < 1.29 is 14.6 Å². The zero-order valence-corrected chi connectivity index (χ0v) is 7.61. The first-order chi connectivity index (χ1) is 6.27. The number of aliphatic hydroxyl groups excluding tert-OH is 1. The van der Waals surface area contributed by atoms with Crippen molar-refractivity contribution in [3.05, 3.63) is 0 Å². The van der Waals surface area contributed by atoms with E-state index >= 15 is 0 Å². The summed E-state index contributed by atoms with van der Waals surface area (Å²) in [6, 6.07) is 0.119. The first kappa shape index (κ1) is 9.12. The Morgan fingerprint density at radius 2 is 2.00 bits per heavy atom. The summed E-state index contributed by atoms with van der Waals surface area (Å²) in [4.78, 5) is 13.2. The lowest BCUT2D eigenvalue weighted by Crippen LogP contribution is -2.47. The highest BCUT2D eigenvalue weighted by atomic mass is 16.5. The van der Waals surface area contributed by atoms with Crippen LogP contribution in [-0.2, 0) is 9.53 Å². The van der Waals surface area contributed by atoms with Crippen molar-refractivity contribution >= 4 is 5.78 Å². The van der Waals surface area contributed by atoms with Gasteiger partial charge in [-0.05, 0) is 0 Å². The van der Waals surface area contributed by atoms with Crippen LogP contribution >= 0.6 is 0 Å². The summed E-state index contributed by atoms with van der Waals surface area (Å²) in [5, 5.41) is 9.56. The maximum absolute atomic E-state index is 11.0. The van der Waals surface area contributed by atoms with Crippen LogP contribution in [-0.4, -0.2) is 54.2 Å². The number of likely N-dealkylation sites (tertiary alicyclic amines) is 1. The second-order valence-electron chi connectivity index (χ2n) is 3.75. The zero-order chi connectivity index (χ0) is 9.26. The second-order valence-corrected chi connectivity index (χ2v) is 3.75. The Balaban J connectivity index is 1.90. The Bertz CT molecular complexity index is 197. The van der Waals surface area contributed by atoms with Crippen molar-refractivity contribution in [2.45, 2.75) is 25.0 Å². The zero-order valence-electron chi connectivity index (χ0n) is 7.61. The lowest BCUT2D eigenvalue weighted by atomic mass is 10.1. The van der Waals surface area contributed by atoms with Crippen molar-refractivity contribution in [2.24, 2.45) is 0 Å². The molecule has 0 amide bonds. The summed E-state index contributed by atoms with van der Waals surface area (Å²) in [7, 11) is 0. The van der Waals surface area contributed by atoms with Crippen LogP contribution in [0.4, 0.5) is 0 Å². The van der Waals surface area contributed by atoms with E-state index < -0.39 is 0 Å². The number of ether oxygens (including phenoxy) is 1. The topological polar surface area (TPSA) is 49.8 Å². The largest absolute Gasteiger partial charge is 0.389 e. The maximum Gasteiger partial charge on any atom is 0.135 e. The molecule has 74 valence electrons. The van der Waals surface area contributed by atoms with E-state index in [4.69, 9.17) is 4.74 Å². The van der Waals surface area contributed by atoms with E-state index in [2.05, 4.69) is 4.90 Å². The standard InChI is InChI=1S/C9H15NO3/c11-7-1-3-10(4-2-7)8-5-13-6-9(8)12/h8-9,12H,1-6H2. The van der Waals surface area contributed by atoms with Gasteiger partial charge in [-0.15, -0.1) is 0 Å². The Hall–Kier alpha value is -0.450. The van der Waals surface area contributed by atoms with Crippen molar-refractivity contribution in [1.82, 2.24) is 4.90 Å². The van der Waals surface area contributed by atoms with Crippen LogP contribution in [0.2, 0.25) is 0 Å². The van der Waals surface area contributed by atoms with Gasteiger partial charge in [0.25, 0.3) is 0 Å². The van der Waals surface area contributed by atoms with Crippen molar-refractivity contribution in [3.8, 4) is 0 Å². The number of carbonyl (C=O) groups excluding carboxylic acids is 1. The van der Waals surface area contributed by atoms with E-state index in [1.807, 2.05) is 0 Å². The SMILES string of the molecule is O=C1CCN(C2COCC2O)CC1. The molecular weight excluding hydrogens is 170 g/mol. The number of carbonyl (C=O) groups is 1. The molecule has 0 saturated carbocycles. The van der Waals surface area contributed by atoms with Gasteiger partial charge in [0.05, 0.1) is 25.4 Å². The minimum atomic E-state index is -0.367. The number of nitrogens with zero attached hydrogens (tertiary/aromatic N) is 1. The van der Waals surface area contributed by atoms with E-state index in [-0.39, 0.29) is 12.1 Å². The molecule has 2 rings (SSSR count). The van der Waals surface area contributed by atoms with Crippen LogP contribution < -0.4 is 0 Å². The first-order valence-electron chi connectivity index (χ1n) is 4.79. The fourth-order valence-electron chi connectivity index (χ4n) is 1.99. The summed E-state index contributed by atoms with van der Waals surface area (Å²) in [6.07, 6.45) is 0.889. The maximum atomic E-state index is 11.0. The molecule has 2 aliphatic heterocycles. The molecule has 2 fully saturated rings. The molecule has 2 aliphatic rings. The molecule has 2 saturated heterocycles. The number of rotatable bonds is 1. The Kier molecular flexibility index (Phi) is 2.62. The van der Waals surface area contributed by atoms with E-state index in [0.29, 0.717) is 31.8 Å². The molecule has 0 aromatic heterocycles. The van der Waals surface area contributed by atoms with Gasteiger partial charge in [0.15, 0.2) is 0 Å². The number of hydrogen-bond acceptors (Lipinski definition) is 4. The molecule has 0 radical (unpaired) electrons. The third-order valence-corrected chi connectivity index (χ3v) is 2.85. The van der Waals surface area contributed by atoms with Gasteiger partial charge in [-0.2, -0.15) is 0 Å². The van der Waals surface area contributed by atoms with Crippen LogP contribution in [0.15, 0.2) is 0 Å². The van der Waals surface area contributed by atoms with Gasteiger partial charge in [-0.3, -0.25) is 9.69 Å². The summed E-state index contributed by atoms with van der Waals surface area (Å²) in [5.41, 5.74) is 0. The second kappa shape index (κ2) is 3.74. The van der Waals surface area contributed by atoms with Crippen LogP contribution in [0, 0.1) is 0 Å². The van der Waals surface area contributed by atoms with Gasteiger partial charge in [-0.25, -0.2) is 0 Å². The third kappa shape index (κ3) is 1.90. The molecule has 1 N–H and O–H groups in total. The van der Waals surface area contributed by atoms with Gasteiger partial charge in [0.1, 0.15) is 5.78 Å². The van der Waals surface area contributed by atoms with Gasteiger partial charge in [-0.1, -0.05) is 0 Å². The van der Waals surface area contributed by atoms with Crippen molar-refractivity contribution in [2.75, 3.05) is 26.3 Å². The summed E-state index contributed by atoms with van der Waals surface area (Å²) in [5.74, 6) is 0.338. The Morgan fingerprint density at radius 1 is 1.31 bits per heavy atom. The molecule has 0 spiro atoms. The monoisotopic (exact) mass is 185 g/mol. The molecule has 2 unspecified atom stereocenters. The van der Waals surface area contributed by atoms with Gasteiger partial charge < -0.3 is 9.84 Å². The minimum absolute atomic E-state index is 0.119. The number of aliphatic hydroxyl groups is 1. The number of Topliss-reactive ketones (excluding diaryl/α,β-unsaturated/α-hetero) is 1. The fraction of sp³-hybridized carbons (Fsp3) is 0.889. The number of ketones is 1. The Morgan fingerprint density at radius 3 is 2.54 bits per heavy atom. The lowest BCUT2D eigenvalue weighted by Gasteiger charge is -2.32. The predicted molar refractivity (Wildman–Crippen MR) is 46.4 cm³/mol. The molecule has 0 aromatic rings. The molecule has 0 aliphatic carbocycles. The molecule has 13 heavy (non-hydrogen) atoms. The summed E-state index contributed by atoms with van der Waals surface area (Å²) in [6.45, 7) is 2.61. The van der Waals surface area contributed by atoms with Crippen LogP contribution in [0.3, 0.4) is 0 Å². The molecule has 0 aromatic carbocycles. The highest BCUT2D eigenvalue weighted by Crippen LogP contribution is 2.17. The van der Waals surface area contributed by atoms with Crippen molar-refractivity contribution in [1.29, 1.82) is 0 Å². The van der Waals surface area contributed by atoms with Crippen LogP contribution in [0.25, 0.3) is 0 Å². The van der Waals surface area contributed by atoms with Crippen LogP contribution in [0.5, 0.6) is 0 Å².